The summed E-state index contributed by atoms with van der Waals surface area (Å²) in [5.74, 6) is 0. The lowest BCUT2D eigenvalue weighted by Gasteiger charge is -2.48. The predicted octanol–water partition coefficient (Wildman–Crippen LogP) is -6.26. The molecule has 3 heterocycles. The van der Waals surface area contributed by atoms with Crippen molar-refractivity contribution in [3.8, 4) is 0 Å². The molecule has 0 aromatic carbocycles. The molecule has 9 N–H and O–H groups in total. The van der Waals surface area contributed by atoms with E-state index in [2.05, 4.69) is 0 Å². The quantitative estimate of drug-likeness (QED) is 0.134. The molecule has 16 nitrogen and oxygen atoms in total. The topological polar surface area (TPSA) is 247 Å². The van der Waals surface area contributed by atoms with Gasteiger partial charge in [-0.1, -0.05) is 0 Å². The largest absolute Gasteiger partial charge is 0.394 e. The molecule has 0 saturated carbocycles. The lowest BCUT2D eigenvalue weighted by atomic mass is 9.96. The summed E-state index contributed by atoms with van der Waals surface area (Å²) in [6.07, 6.45) is -22.4. The first-order chi connectivity index (χ1) is 17.1. The van der Waals surface area contributed by atoms with E-state index in [1.54, 1.807) is 0 Å². The molecule has 0 aliphatic carbocycles. The second-order valence-corrected chi connectivity index (χ2v) is 8.76. The first kappa shape index (κ1) is 29.9. The van der Waals surface area contributed by atoms with Crippen LogP contribution in [-0.2, 0) is 33.2 Å². The second-order valence-electron chi connectivity index (χ2n) is 8.76. The van der Waals surface area contributed by atoms with Crippen molar-refractivity contribution in [3.05, 3.63) is 0 Å². The van der Waals surface area contributed by atoms with Crippen LogP contribution in [0, 0.1) is 0 Å². The fourth-order valence-electron chi connectivity index (χ4n) is 4.51. The highest BCUT2D eigenvalue weighted by Gasteiger charge is 2.53. The number of hydrogen-bond acceptors (Lipinski definition) is 16. The zero-order valence-corrected chi connectivity index (χ0v) is 19.7. The normalized spacial score (nSPS) is 50.2. The average molecular weight is 532 g/mol. The number of aliphatic hydroxyl groups excluding tert-OH is 9. The molecule has 36 heavy (non-hydrogen) atoms. The molecule has 15 atom stereocenters. The summed E-state index contributed by atoms with van der Waals surface area (Å²) in [5, 5.41) is 91.6. The predicted molar refractivity (Wildman–Crippen MR) is 111 cm³/mol. The van der Waals surface area contributed by atoms with E-state index in [1.807, 2.05) is 0 Å². The molecule has 3 aliphatic heterocycles. The van der Waals surface area contributed by atoms with E-state index < -0.39 is 112 Å². The Bertz CT molecular complexity index is 666. The third kappa shape index (κ3) is 5.84. The summed E-state index contributed by atoms with van der Waals surface area (Å²) in [6.45, 7) is -2.03. The van der Waals surface area contributed by atoms with E-state index in [-0.39, 0.29) is 0 Å². The summed E-state index contributed by atoms with van der Waals surface area (Å²) in [7, 11) is 2.46. The van der Waals surface area contributed by atoms with E-state index in [9.17, 15) is 46.0 Å². The monoisotopic (exact) mass is 532 g/mol. The van der Waals surface area contributed by atoms with Crippen LogP contribution in [0.15, 0.2) is 0 Å². The first-order valence-electron chi connectivity index (χ1n) is 11.4. The maximum atomic E-state index is 10.7. The van der Waals surface area contributed by atoms with E-state index in [1.165, 1.54) is 14.2 Å². The van der Waals surface area contributed by atoms with Gasteiger partial charge in [0.2, 0.25) is 0 Å². The van der Waals surface area contributed by atoms with Crippen LogP contribution in [0.2, 0.25) is 0 Å². The zero-order chi connectivity index (χ0) is 26.7. The first-order valence-corrected chi connectivity index (χ1v) is 11.4. The van der Waals surface area contributed by atoms with Gasteiger partial charge in [0.25, 0.3) is 0 Å². The van der Waals surface area contributed by atoms with Crippen LogP contribution in [0.4, 0.5) is 0 Å². The Balaban J connectivity index is 1.72. The van der Waals surface area contributed by atoms with Gasteiger partial charge >= 0.3 is 0 Å². The van der Waals surface area contributed by atoms with Crippen molar-refractivity contribution >= 4 is 0 Å². The van der Waals surface area contributed by atoms with E-state index >= 15 is 0 Å². The molecular formula is C20H36O16. The second kappa shape index (κ2) is 12.9. The van der Waals surface area contributed by atoms with Crippen molar-refractivity contribution in [2.45, 2.75) is 92.1 Å². The molecule has 3 saturated heterocycles. The Kier molecular flexibility index (Phi) is 10.8. The maximum Gasteiger partial charge on any atom is 0.187 e. The SMILES string of the molecule is CO[C@@H]1OC(CO)[C@@H](O[C@@H]2O[C@@H](CO)[C@@H](O[C@@H]3OC(CO)[C@@H](OC)[C@@H](O)C3O)C(O)C2O)[C@@H](O)C1O. The number of aliphatic hydroxyl groups is 9. The van der Waals surface area contributed by atoms with Gasteiger partial charge in [0.05, 0.1) is 19.8 Å². The molecule has 3 rings (SSSR count). The van der Waals surface area contributed by atoms with Crippen LogP contribution in [0.25, 0.3) is 0 Å². The van der Waals surface area contributed by atoms with Crippen LogP contribution in [0.1, 0.15) is 0 Å². The summed E-state index contributed by atoms with van der Waals surface area (Å²) in [6, 6.07) is 0. The minimum absolute atomic E-state index is 0.596. The van der Waals surface area contributed by atoms with Crippen molar-refractivity contribution in [2.24, 2.45) is 0 Å². The highest BCUT2D eigenvalue weighted by Crippen LogP contribution is 2.32. The van der Waals surface area contributed by atoms with E-state index in [0.29, 0.717) is 0 Å². The smallest absolute Gasteiger partial charge is 0.187 e. The van der Waals surface area contributed by atoms with Gasteiger partial charge in [-0.15, -0.1) is 0 Å². The Labute approximate surface area is 206 Å². The van der Waals surface area contributed by atoms with Crippen LogP contribution in [0.3, 0.4) is 0 Å². The zero-order valence-electron chi connectivity index (χ0n) is 19.7. The van der Waals surface area contributed by atoms with Crippen LogP contribution in [-0.4, -0.2) is 172 Å². The van der Waals surface area contributed by atoms with Crippen LogP contribution < -0.4 is 0 Å². The molecule has 0 radical (unpaired) electrons. The fraction of sp³-hybridized carbons (Fsp3) is 1.00. The highest BCUT2D eigenvalue weighted by molar-refractivity contribution is 4.96. The van der Waals surface area contributed by atoms with Crippen molar-refractivity contribution in [1.82, 2.24) is 0 Å². The molecule has 3 aliphatic rings. The lowest BCUT2D eigenvalue weighted by molar-refractivity contribution is -0.379. The number of methoxy groups -OCH3 is 2. The average Bonchev–Trinajstić information content (AvgIpc) is 2.88. The van der Waals surface area contributed by atoms with Crippen molar-refractivity contribution < 1.29 is 79.1 Å². The van der Waals surface area contributed by atoms with Gasteiger partial charge in [-0.25, -0.2) is 0 Å². The summed E-state index contributed by atoms with van der Waals surface area (Å²) in [5.41, 5.74) is 0. The van der Waals surface area contributed by atoms with E-state index in [4.69, 9.17) is 33.2 Å². The minimum atomic E-state index is -1.85. The number of hydrogen-bond donors (Lipinski definition) is 9. The third-order valence-corrected chi connectivity index (χ3v) is 6.55. The number of rotatable bonds is 9. The molecule has 0 aromatic rings. The Morgan fingerprint density at radius 2 is 0.806 bits per heavy atom. The molecule has 0 amide bonds. The molecular weight excluding hydrogens is 496 g/mol. The molecule has 0 spiro atoms. The van der Waals surface area contributed by atoms with Gasteiger partial charge in [-0.3, -0.25) is 0 Å². The Morgan fingerprint density at radius 3 is 1.17 bits per heavy atom. The van der Waals surface area contributed by atoms with Crippen LogP contribution in [0.5, 0.6) is 0 Å². The van der Waals surface area contributed by atoms with Gasteiger partial charge in [0, 0.05) is 14.2 Å². The Hall–Kier alpha value is -0.640. The highest BCUT2D eigenvalue weighted by atomic mass is 16.8. The molecule has 3 fully saturated rings. The van der Waals surface area contributed by atoms with Gasteiger partial charge in [0.1, 0.15) is 73.2 Å². The third-order valence-electron chi connectivity index (χ3n) is 6.55. The Morgan fingerprint density at radius 1 is 0.472 bits per heavy atom. The molecule has 0 aromatic heterocycles. The summed E-state index contributed by atoms with van der Waals surface area (Å²) >= 11 is 0. The van der Waals surface area contributed by atoms with Crippen molar-refractivity contribution in [2.75, 3.05) is 34.0 Å². The number of ether oxygens (including phenoxy) is 7. The van der Waals surface area contributed by atoms with Crippen molar-refractivity contribution in [1.29, 1.82) is 0 Å². The fourth-order valence-corrected chi connectivity index (χ4v) is 4.51. The van der Waals surface area contributed by atoms with Gasteiger partial charge in [0.15, 0.2) is 18.9 Å². The van der Waals surface area contributed by atoms with Crippen molar-refractivity contribution in [3.63, 3.8) is 0 Å². The maximum absolute atomic E-state index is 10.7. The molecule has 16 heteroatoms. The van der Waals surface area contributed by atoms with Crippen LogP contribution >= 0.6 is 0 Å². The lowest BCUT2D eigenvalue weighted by Crippen LogP contribution is -2.66. The van der Waals surface area contributed by atoms with Gasteiger partial charge in [-0.05, 0) is 0 Å². The summed E-state index contributed by atoms with van der Waals surface area (Å²) < 4.78 is 37.3. The minimum Gasteiger partial charge on any atom is -0.394 e. The van der Waals surface area contributed by atoms with Gasteiger partial charge in [-0.2, -0.15) is 0 Å². The summed E-state index contributed by atoms with van der Waals surface area (Å²) in [4.78, 5) is 0. The standard InChI is InChI=1S/C20H36O16/c1-30-15-6(3-21)33-19(13(28)9(15)24)36-17-8(5-23)34-20(14(29)11(17)26)35-16-7(4-22)32-18(31-2)12(27)10(16)25/h6-29H,3-5H2,1-2H3/t6?,7?,8-,9-,10-,11?,12?,13?,14?,15+,16+,17+,18+,19-,20-/m0/s1. The molecule has 0 bridgehead atoms. The van der Waals surface area contributed by atoms with E-state index in [0.717, 1.165) is 0 Å². The van der Waals surface area contributed by atoms with Gasteiger partial charge < -0.3 is 79.1 Å². The molecule has 6 unspecified atom stereocenters. The molecule has 212 valence electrons.